The first-order valence-electron chi connectivity index (χ1n) is 3.73. The number of fused-ring (bicyclic) bond motifs is 1. The molecule has 0 fully saturated rings. The number of halogens is 1. The summed E-state index contributed by atoms with van der Waals surface area (Å²) in [5, 5.41) is 19.5. The van der Waals surface area contributed by atoms with Crippen molar-refractivity contribution in [1.29, 1.82) is 0 Å². The second-order valence-electron chi connectivity index (χ2n) is 2.70. The fourth-order valence-corrected chi connectivity index (χ4v) is 2.83. The van der Waals surface area contributed by atoms with Gasteiger partial charge in [-0.3, -0.25) is 0 Å². The van der Waals surface area contributed by atoms with E-state index in [-0.39, 0.29) is 12.4 Å². The van der Waals surface area contributed by atoms with E-state index in [1.165, 1.54) is 11.3 Å². The standard InChI is InChI=1S/C9H7BrO2S/c10-8-3-6-5(4-11)1-2-7(12)9(6)13-8/h1-3,11-12H,4H2. The van der Waals surface area contributed by atoms with Crippen LogP contribution in [0.5, 0.6) is 5.75 Å². The number of hydrogen-bond donors (Lipinski definition) is 2. The first-order valence-corrected chi connectivity index (χ1v) is 5.34. The van der Waals surface area contributed by atoms with Crippen LogP contribution in [0, 0.1) is 0 Å². The number of phenolic OH excluding ortho intramolecular Hbond substituents is 1. The van der Waals surface area contributed by atoms with Gasteiger partial charge < -0.3 is 10.2 Å². The number of benzene rings is 1. The molecule has 0 aliphatic carbocycles. The van der Waals surface area contributed by atoms with Gasteiger partial charge in [0.1, 0.15) is 5.75 Å². The molecule has 0 amide bonds. The molecule has 4 heteroatoms. The molecule has 0 saturated carbocycles. The Morgan fingerprint density at radius 3 is 2.85 bits per heavy atom. The number of phenols is 1. The summed E-state index contributed by atoms with van der Waals surface area (Å²) < 4.78 is 1.78. The molecule has 2 rings (SSSR count). The number of rotatable bonds is 1. The third kappa shape index (κ3) is 1.45. The zero-order valence-corrected chi connectivity index (χ0v) is 9.02. The Balaban J connectivity index is 2.83. The zero-order valence-electron chi connectivity index (χ0n) is 6.62. The van der Waals surface area contributed by atoms with E-state index in [4.69, 9.17) is 5.11 Å². The lowest BCUT2D eigenvalue weighted by molar-refractivity contribution is 0.283. The van der Waals surface area contributed by atoms with Crippen molar-refractivity contribution in [1.82, 2.24) is 0 Å². The summed E-state index contributed by atoms with van der Waals surface area (Å²) in [6, 6.07) is 5.25. The van der Waals surface area contributed by atoms with Crippen LogP contribution in [0.1, 0.15) is 5.56 Å². The summed E-state index contributed by atoms with van der Waals surface area (Å²) in [6.07, 6.45) is 0. The molecule has 0 atom stereocenters. The van der Waals surface area contributed by atoms with Crippen LogP contribution >= 0.6 is 27.3 Å². The summed E-state index contributed by atoms with van der Waals surface area (Å²) in [7, 11) is 0. The minimum atomic E-state index is -0.0000463. The summed E-state index contributed by atoms with van der Waals surface area (Å²) >= 11 is 4.81. The molecule has 0 radical (unpaired) electrons. The summed E-state index contributed by atoms with van der Waals surface area (Å²) in [4.78, 5) is 0. The number of thiophene rings is 1. The third-order valence-electron chi connectivity index (χ3n) is 1.89. The number of hydrogen-bond acceptors (Lipinski definition) is 3. The van der Waals surface area contributed by atoms with Gasteiger partial charge in [-0.2, -0.15) is 0 Å². The molecule has 0 aliphatic heterocycles. The molecule has 0 aliphatic rings. The van der Waals surface area contributed by atoms with Crippen molar-refractivity contribution in [2.24, 2.45) is 0 Å². The third-order valence-corrected chi connectivity index (χ3v) is 3.55. The smallest absolute Gasteiger partial charge is 0.133 e. The lowest BCUT2D eigenvalue weighted by Crippen LogP contribution is -1.82. The van der Waals surface area contributed by atoms with Gasteiger partial charge in [0.05, 0.1) is 15.1 Å². The summed E-state index contributed by atoms with van der Waals surface area (Å²) in [6.45, 7) is -0.0000463. The molecule has 1 heterocycles. The van der Waals surface area contributed by atoms with E-state index in [2.05, 4.69) is 15.9 Å². The van der Waals surface area contributed by atoms with Crippen LogP contribution in [0.25, 0.3) is 10.1 Å². The van der Waals surface area contributed by atoms with Crippen LogP contribution in [-0.4, -0.2) is 10.2 Å². The number of aliphatic hydroxyl groups is 1. The van der Waals surface area contributed by atoms with Gasteiger partial charge >= 0.3 is 0 Å². The lowest BCUT2D eigenvalue weighted by Gasteiger charge is -1.99. The predicted molar refractivity (Wildman–Crippen MR) is 57.1 cm³/mol. The van der Waals surface area contributed by atoms with Crippen LogP contribution < -0.4 is 0 Å². The highest BCUT2D eigenvalue weighted by atomic mass is 79.9. The molecular formula is C9H7BrO2S. The molecule has 0 unspecified atom stereocenters. The Morgan fingerprint density at radius 2 is 2.15 bits per heavy atom. The molecule has 2 aromatic rings. The Hall–Kier alpha value is -0.580. The van der Waals surface area contributed by atoms with Crippen LogP contribution in [0.15, 0.2) is 22.0 Å². The fourth-order valence-electron chi connectivity index (χ4n) is 1.27. The molecule has 2 N–H and O–H groups in total. The van der Waals surface area contributed by atoms with E-state index in [9.17, 15) is 5.11 Å². The van der Waals surface area contributed by atoms with Gasteiger partial charge in [-0.25, -0.2) is 0 Å². The quantitative estimate of drug-likeness (QED) is 0.826. The minimum Gasteiger partial charge on any atom is -0.506 e. The van der Waals surface area contributed by atoms with Gasteiger partial charge in [0.15, 0.2) is 0 Å². The van der Waals surface area contributed by atoms with Crippen molar-refractivity contribution in [2.45, 2.75) is 6.61 Å². The monoisotopic (exact) mass is 258 g/mol. The molecule has 68 valence electrons. The molecule has 1 aromatic heterocycles. The molecule has 13 heavy (non-hydrogen) atoms. The predicted octanol–water partition coefficient (Wildman–Crippen LogP) is 2.86. The van der Waals surface area contributed by atoms with Crippen molar-refractivity contribution in [2.75, 3.05) is 0 Å². The van der Waals surface area contributed by atoms with Crippen LogP contribution in [-0.2, 0) is 6.61 Å². The molecular weight excluding hydrogens is 252 g/mol. The minimum absolute atomic E-state index is 0.0000463. The first kappa shape index (κ1) is 8.99. The van der Waals surface area contributed by atoms with Crippen LogP contribution in [0.3, 0.4) is 0 Å². The van der Waals surface area contributed by atoms with Gasteiger partial charge in [-0.15, -0.1) is 11.3 Å². The van der Waals surface area contributed by atoms with E-state index in [1.54, 1.807) is 12.1 Å². The summed E-state index contributed by atoms with van der Waals surface area (Å²) in [5.74, 6) is 0.267. The Morgan fingerprint density at radius 1 is 1.38 bits per heavy atom. The first-order chi connectivity index (χ1) is 6.22. The maximum Gasteiger partial charge on any atom is 0.133 e. The van der Waals surface area contributed by atoms with Crippen molar-refractivity contribution in [3.63, 3.8) is 0 Å². The molecule has 0 saturated heterocycles. The van der Waals surface area contributed by atoms with Gasteiger partial charge in [-0.1, -0.05) is 6.07 Å². The highest BCUT2D eigenvalue weighted by molar-refractivity contribution is 9.11. The van der Waals surface area contributed by atoms with Crippen LogP contribution in [0.4, 0.5) is 0 Å². The normalized spacial score (nSPS) is 10.9. The van der Waals surface area contributed by atoms with Crippen LogP contribution in [0.2, 0.25) is 0 Å². The summed E-state index contributed by atoms with van der Waals surface area (Å²) in [5.41, 5.74) is 0.842. The van der Waals surface area contributed by atoms with Crippen molar-refractivity contribution < 1.29 is 10.2 Å². The van der Waals surface area contributed by atoms with E-state index in [0.29, 0.717) is 0 Å². The average Bonchev–Trinajstić information content (AvgIpc) is 2.48. The SMILES string of the molecule is OCc1ccc(O)c2sc(Br)cc12. The molecule has 2 nitrogen and oxygen atoms in total. The topological polar surface area (TPSA) is 40.5 Å². The molecule has 0 bridgehead atoms. The maximum atomic E-state index is 9.51. The second-order valence-corrected chi connectivity index (χ2v) is 5.13. The van der Waals surface area contributed by atoms with Crippen molar-refractivity contribution in [3.05, 3.63) is 27.5 Å². The average molecular weight is 259 g/mol. The van der Waals surface area contributed by atoms with E-state index < -0.39 is 0 Å². The largest absolute Gasteiger partial charge is 0.506 e. The van der Waals surface area contributed by atoms with E-state index >= 15 is 0 Å². The highest BCUT2D eigenvalue weighted by Crippen LogP contribution is 2.37. The Bertz CT molecular complexity index is 450. The van der Waals surface area contributed by atoms with Crippen molar-refractivity contribution >= 4 is 37.4 Å². The van der Waals surface area contributed by atoms with Crippen molar-refractivity contribution in [3.8, 4) is 5.75 Å². The van der Waals surface area contributed by atoms with Gasteiger partial charge in [-0.05, 0) is 33.6 Å². The van der Waals surface area contributed by atoms with Gasteiger partial charge in [0, 0.05) is 5.39 Å². The van der Waals surface area contributed by atoms with E-state index in [1.807, 2.05) is 6.07 Å². The Labute approximate surface area is 87.6 Å². The molecule has 0 spiro atoms. The molecule has 1 aromatic carbocycles. The fraction of sp³-hybridized carbons (Fsp3) is 0.111. The lowest BCUT2D eigenvalue weighted by atomic mass is 10.1. The number of aliphatic hydroxyl groups excluding tert-OH is 1. The van der Waals surface area contributed by atoms with E-state index in [0.717, 1.165) is 19.4 Å². The highest BCUT2D eigenvalue weighted by Gasteiger charge is 2.07. The van der Waals surface area contributed by atoms with Gasteiger partial charge in [0.25, 0.3) is 0 Å². The number of aromatic hydroxyl groups is 1. The maximum absolute atomic E-state index is 9.51. The van der Waals surface area contributed by atoms with Gasteiger partial charge in [0.2, 0.25) is 0 Å². The Kier molecular flexibility index (Phi) is 2.27. The zero-order chi connectivity index (χ0) is 9.42. The second kappa shape index (κ2) is 3.29.